The average Bonchev–Trinajstić information content (AvgIpc) is 3.27. The van der Waals surface area contributed by atoms with Crippen LogP contribution in [0.5, 0.6) is 5.75 Å². The van der Waals surface area contributed by atoms with Crippen molar-refractivity contribution in [2.24, 2.45) is 0 Å². The maximum atomic E-state index is 12.6. The number of benzene rings is 3. The molecule has 0 spiro atoms. The Labute approximate surface area is 192 Å². The van der Waals surface area contributed by atoms with Crippen molar-refractivity contribution in [1.29, 1.82) is 0 Å². The van der Waals surface area contributed by atoms with Gasteiger partial charge in [-0.2, -0.15) is 5.10 Å². The number of hydrogen-bond donors (Lipinski definition) is 2. The fraction of sp³-hybridized carbons (Fsp3) is 0.0833. The summed E-state index contributed by atoms with van der Waals surface area (Å²) in [5, 5.41) is 9.96. The molecule has 3 aromatic carbocycles. The Kier molecular flexibility index (Phi) is 5.54. The summed E-state index contributed by atoms with van der Waals surface area (Å²) >= 11 is 1.15. The number of para-hydroxylation sites is 2. The summed E-state index contributed by atoms with van der Waals surface area (Å²) in [4.78, 5) is 32.5. The van der Waals surface area contributed by atoms with E-state index in [2.05, 4.69) is 20.4 Å². The lowest BCUT2D eigenvalue weighted by Crippen LogP contribution is -2.16. The van der Waals surface area contributed by atoms with E-state index in [1.807, 2.05) is 66.7 Å². The molecule has 0 unspecified atom stereocenters. The van der Waals surface area contributed by atoms with Gasteiger partial charge in [0.05, 0.1) is 19.1 Å². The van der Waals surface area contributed by atoms with E-state index in [4.69, 9.17) is 4.74 Å². The zero-order valence-electron chi connectivity index (χ0n) is 17.6. The van der Waals surface area contributed by atoms with Gasteiger partial charge in [0, 0.05) is 11.1 Å². The van der Waals surface area contributed by atoms with Crippen molar-refractivity contribution in [3.8, 4) is 11.4 Å². The Morgan fingerprint density at radius 1 is 1.06 bits per heavy atom. The molecule has 0 aliphatic rings. The van der Waals surface area contributed by atoms with Gasteiger partial charge in [-0.25, -0.2) is 9.67 Å². The predicted molar refractivity (Wildman–Crippen MR) is 129 cm³/mol. The zero-order chi connectivity index (χ0) is 22.8. The van der Waals surface area contributed by atoms with Gasteiger partial charge in [0.2, 0.25) is 5.91 Å². The lowest BCUT2D eigenvalue weighted by molar-refractivity contribution is -0.113. The number of hydrogen-bond acceptors (Lipinski definition) is 6. The van der Waals surface area contributed by atoms with Gasteiger partial charge in [-0.3, -0.25) is 9.59 Å². The van der Waals surface area contributed by atoms with Crippen LogP contribution in [0.4, 0.5) is 5.69 Å². The molecule has 0 saturated heterocycles. The number of aromatic nitrogens is 4. The van der Waals surface area contributed by atoms with Crippen molar-refractivity contribution in [3.63, 3.8) is 0 Å². The molecule has 8 nitrogen and oxygen atoms in total. The minimum absolute atomic E-state index is 0.0838. The number of methoxy groups -OCH3 is 1. The van der Waals surface area contributed by atoms with E-state index in [-0.39, 0.29) is 17.2 Å². The van der Waals surface area contributed by atoms with E-state index in [0.29, 0.717) is 27.6 Å². The Morgan fingerprint density at radius 2 is 1.85 bits per heavy atom. The van der Waals surface area contributed by atoms with Crippen molar-refractivity contribution in [2.75, 3.05) is 18.2 Å². The van der Waals surface area contributed by atoms with Gasteiger partial charge in [0.1, 0.15) is 16.8 Å². The Balaban J connectivity index is 1.39. The minimum atomic E-state index is -0.321. The van der Waals surface area contributed by atoms with Gasteiger partial charge in [-0.15, -0.1) is 0 Å². The minimum Gasteiger partial charge on any atom is -0.494 e. The van der Waals surface area contributed by atoms with Gasteiger partial charge in [0.15, 0.2) is 10.8 Å². The number of carbonyl (C=O) groups is 1. The SMILES string of the molecule is COc1ccccc1-n1ncc2c(=O)[nH]c(SCC(=O)Nc3cccc4ccccc34)nc21. The van der Waals surface area contributed by atoms with Crippen LogP contribution in [0.2, 0.25) is 0 Å². The lowest BCUT2D eigenvalue weighted by Gasteiger charge is -2.09. The first-order valence-electron chi connectivity index (χ1n) is 10.2. The highest BCUT2D eigenvalue weighted by atomic mass is 32.2. The molecule has 0 atom stereocenters. The number of thioether (sulfide) groups is 1. The Bertz CT molecular complexity index is 1540. The molecule has 2 heterocycles. The van der Waals surface area contributed by atoms with Gasteiger partial charge in [0.25, 0.3) is 5.56 Å². The summed E-state index contributed by atoms with van der Waals surface area (Å²) in [6, 6.07) is 20.9. The largest absolute Gasteiger partial charge is 0.494 e. The van der Waals surface area contributed by atoms with Crippen molar-refractivity contribution in [1.82, 2.24) is 19.7 Å². The summed E-state index contributed by atoms with van der Waals surface area (Å²) in [5.74, 6) is 0.492. The van der Waals surface area contributed by atoms with E-state index in [9.17, 15) is 9.59 Å². The maximum absolute atomic E-state index is 12.6. The third kappa shape index (κ3) is 4.06. The second kappa shape index (κ2) is 8.79. The molecule has 5 rings (SSSR count). The highest BCUT2D eigenvalue weighted by Gasteiger charge is 2.15. The fourth-order valence-electron chi connectivity index (χ4n) is 3.60. The molecule has 5 aromatic rings. The molecule has 2 N–H and O–H groups in total. The van der Waals surface area contributed by atoms with E-state index >= 15 is 0 Å². The Morgan fingerprint density at radius 3 is 2.73 bits per heavy atom. The molecule has 0 saturated carbocycles. The van der Waals surface area contributed by atoms with Gasteiger partial charge in [-0.1, -0.05) is 60.3 Å². The van der Waals surface area contributed by atoms with Gasteiger partial charge < -0.3 is 15.0 Å². The second-order valence-corrected chi connectivity index (χ2v) is 8.16. The monoisotopic (exact) mass is 457 g/mol. The smallest absolute Gasteiger partial charge is 0.262 e. The first kappa shape index (κ1) is 20.8. The third-order valence-corrected chi connectivity index (χ3v) is 6.01. The molecule has 9 heteroatoms. The van der Waals surface area contributed by atoms with Crippen LogP contribution in [0.3, 0.4) is 0 Å². The summed E-state index contributed by atoms with van der Waals surface area (Å²) in [6.45, 7) is 0. The molecular formula is C24H19N5O3S. The van der Waals surface area contributed by atoms with Crippen molar-refractivity contribution in [3.05, 3.63) is 83.3 Å². The number of nitrogens with zero attached hydrogens (tertiary/aromatic N) is 3. The second-order valence-electron chi connectivity index (χ2n) is 7.20. The van der Waals surface area contributed by atoms with E-state index in [1.54, 1.807) is 11.8 Å². The zero-order valence-corrected chi connectivity index (χ0v) is 18.4. The molecule has 33 heavy (non-hydrogen) atoms. The molecule has 0 radical (unpaired) electrons. The van der Waals surface area contributed by atoms with Gasteiger partial charge >= 0.3 is 0 Å². The molecule has 1 amide bonds. The first-order chi connectivity index (χ1) is 16.1. The lowest BCUT2D eigenvalue weighted by atomic mass is 10.1. The van der Waals surface area contributed by atoms with Crippen LogP contribution in [-0.2, 0) is 4.79 Å². The molecule has 0 bridgehead atoms. The van der Waals surface area contributed by atoms with Crippen LogP contribution in [0.15, 0.2) is 82.9 Å². The first-order valence-corrected chi connectivity index (χ1v) is 11.1. The van der Waals surface area contributed by atoms with Crippen LogP contribution in [-0.4, -0.2) is 38.5 Å². The topological polar surface area (TPSA) is 102 Å². The summed E-state index contributed by atoms with van der Waals surface area (Å²) in [7, 11) is 1.57. The predicted octanol–water partition coefficient (Wildman–Crippen LogP) is 4.00. The van der Waals surface area contributed by atoms with Gasteiger partial charge in [-0.05, 0) is 23.6 Å². The number of ether oxygens (including phenoxy) is 1. The summed E-state index contributed by atoms with van der Waals surface area (Å²) in [5.41, 5.74) is 1.47. The number of nitrogens with one attached hydrogen (secondary N) is 2. The van der Waals surface area contributed by atoms with E-state index in [0.717, 1.165) is 28.2 Å². The molecule has 0 aliphatic heterocycles. The average molecular weight is 458 g/mol. The number of fused-ring (bicyclic) bond motifs is 2. The van der Waals surface area contributed by atoms with Crippen molar-refractivity contribution in [2.45, 2.75) is 5.16 Å². The highest BCUT2D eigenvalue weighted by Crippen LogP contribution is 2.26. The number of H-pyrrole nitrogens is 1. The fourth-order valence-corrected chi connectivity index (χ4v) is 4.26. The number of carbonyl (C=O) groups excluding carboxylic acids is 1. The van der Waals surface area contributed by atoms with Crippen molar-refractivity contribution >= 4 is 45.2 Å². The van der Waals surface area contributed by atoms with Crippen LogP contribution in [0.25, 0.3) is 27.5 Å². The van der Waals surface area contributed by atoms with E-state index < -0.39 is 0 Å². The standard InChI is InChI=1S/C24H19N5O3S/c1-32-20-12-5-4-11-19(20)29-22-17(13-25-29)23(31)28-24(27-22)33-14-21(30)26-18-10-6-8-15-7-2-3-9-16(15)18/h2-13H,14H2,1H3,(H,26,30)(H,27,28,31). The number of anilines is 1. The van der Waals surface area contributed by atoms with E-state index in [1.165, 1.54) is 6.20 Å². The highest BCUT2D eigenvalue weighted by molar-refractivity contribution is 7.99. The summed E-state index contributed by atoms with van der Waals surface area (Å²) < 4.78 is 6.97. The molecule has 0 fully saturated rings. The maximum Gasteiger partial charge on any atom is 0.262 e. The van der Waals surface area contributed by atoms with Crippen molar-refractivity contribution < 1.29 is 9.53 Å². The molecule has 0 aliphatic carbocycles. The number of rotatable bonds is 6. The number of amides is 1. The van der Waals surface area contributed by atoms with Crippen LogP contribution in [0.1, 0.15) is 0 Å². The normalized spacial score (nSPS) is 11.1. The van der Waals surface area contributed by atoms with Crippen LogP contribution in [0, 0.1) is 0 Å². The molecule has 164 valence electrons. The summed E-state index contributed by atoms with van der Waals surface area (Å²) in [6.07, 6.45) is 1.47. The Hall–Kier alpha value is -4.11. The quantitative estimate of drug-likeness (QED) is 0.295. The molecule has 2 aromatic heterocycles. The third-order valence-electron chi connectivity index (χ3n) is 5.13. The molecular weight excluding hydrogens is 438 g/mol. The number of aromatic amines is 1. The van der Waals surface area contributed by atoms with Crippen LogP contribution >= 0.6 is 11.8 Å². The van der Waals surface area contributed by atoms with Crippen LogP contribution < -0.4 is 15.6 Å².